The van der Waals surface area contributed by atoms with Crippen LogP contribution in [0.1, 0.15) is 50.3 Å². The Labute approximate surface area is 169 Å². The molecule has 3 atom stereocenters. The summed E-state index contributed by atoms with van der Waals surface area (Å²) in [6.45, 7) is 3.68. The molecule has 148 valence electrons. The normalized spacial score (nSPS) is 23.0. The predicted octanol–water partition coefficient (Wildman–Crippen LogP) is 5.01. The third-order valence-electron chi connectivity index (χ3n) is 6.00. The van der Waals surface area contributed by atoms with Crippen LogP contribution in [0.15, 0.2) is 29.6 Å². The average Bonchev–Trinajstić information content (AvgIpc) is 3.37. The molecule has 0 unspecified atom stereocenters. The van der Waals surface area contributed by atoms with Crippen molar-refractivity contribution in [1.82, 2.24) is 4.98 Å². The molecular formula is C22H26N2O3S. The molecule has 28 heavy (non-hydrogen) atoms. The van der Waals surface area contributed by atoms with Gasteiger partial charge in [0.1, 0.15) is 6.61 Å². The quantitative estimate of drug-likeness (QED) is 0.642. The molecule has 0 aliphatic heterocycles. The number of fused-ring (bicyclic) bond motifs is 2. The molecule has 2 aliphatic carbocycles. The largest absolute Gasteiger partial charge is 0.459 e. The number of hydrogen-bond donors (Lipinski definition) is 0. The number of rotatable bonds is 6. The van der Waals surface area contributed by atoms with E-state index in [1.807, 2.05) is 36.6 Å². The molecule has 0 radical (unpaired) electrons. The van der Waals surface area contributed by atoms with Crippen molar-refractivity contribution in [2.75, 3.05) is 4.90 Å². The number of ether oxygens (including phenoxy) is 1. The molecule has 4 rings (SSSR count). The van der Waals surface area contributed by atoms with Crippen molar-refractivity contribution < 1.29 is 14.3 Å². The lowest BCUT2D eigenvalue weighted by Gasteiger charge is -2.20. The molecule has 1 amide bonds. The van der Waals surface area contributed by atoms with Gasteiger partial charge in [0.15, 0.2) is 5.13 Å². The van der Waals surface area contributed by atoms with Gasteiger partial charge in [0.2, 0.25) is 5.91 Å². The van der Waals surface area contributed by atoms with Crippen LogP contribution in [0.25, 0.3) is 0 Å². The van der Waals surface area contributed by atoms with Crippen molar-refractivity contribution in [3.63, 3.8) is 0 Å². The van der Waals surface area contributed by atoms with Crippen molar-refractivity contribution in [1.29, 1.82) is 0 Å². The zero-order valence-electron chi connectivity index (χ0n) is 16.4. The average molecular weight is 399 g/mol. The maximum Gasteiger partial charge on any atom is 0.306 e. The molecule has 0 N–H and O–H groups in total. The minimum absolute atomic E-state index is 0.0974. The Morgan fingerprint density at radius 1 is 1.29 bits per heavy atom. The fraction of sp³-hybridized carbons (Fsp3) is 0.500. The molecule has 2 saturated carbocycles. The van der Waals surface area contributed by atoms with E-state index in [1.165, 1.54) is 43.9 Å². The van der Waals surface area contributed by atoms with Gasteiger partial charge in [-0.05, 0) is 61.6 Å². The third kappa shape index (κ3) is 4.12. The highest BCUT2D eigenvalue weighted by Gasteiger charge is 2.40. The molecule has 2 aliphatic rings. The number of benzene rings is 1. The molecular weight excluding hydrogens is 372 g/mol. The predicted molar refractivity (Wildman–Crippen MR) is 109 cm³/mol. The Hall–Kier alpha value is -2.21. The smallest absolute Gasteiger partial charge is 0.306 e. The van der Waals surface area contributed by atoms with Crippen LogP contribution in [0.5, 0.6) is 0 Å². The van der Waals surface area contributed by atoms with E-state index in [1.54, 1.807) is 4.90 Å². The van der Waals surface area contributed by atoms with Gasteiger partial charge in [-0.2, -0.15) is 0 Å². The molecule has 6 heteroatoms. The Bertz CT molecular complexity index is 878. The van der Waals surface area contributed by atoms with Crippen LogP contribution in [0.2, 0.25) is 0 Å². The van der Waals surface area contributed by atoms with Crippen molar-refractivity contribution >= 4 is 34.0 Å². The van der Waals surface area contributed by atoms with Crippen molar-refractivity contribution in [2.45, 2.75) is 52.6 Å². The fourth-order valence-electron chi connectivity index (χ4n) is 4.71. The van der Waals surface area contributed by atoms with E-state index in [0.29, 0.717) is 23.2 Å². The van der Waals surface area contributed by atoms with Gasteiger partial charge in [0, 0.05) is 18.7 Å². The molecule has 1 aromatic heterocycles. The minimum atomic E-state index is -0.130. The Morgan fingerprint density at radius 3 is 2.82 bits per heavy atom. The summed E-state index contributed by atoms with van der Waals surface area (Å²) in [5, 5.41) is 2.45. The van der Waals surface area contributed by atoms with Gasteiger partial charge in [-0.1, -0.05) is 18.6 Å². The van der Waals surface area contributed by atoms with E-state index < -0.39 is 0 Å². The molecule has 0 saturated heterocycles. The van der Waals surface area contributed by atoms with Gasteiger partial charge in [0.25, 0.3) is 0 Å². The van der Waals surface area contributed by atoms with Crippen LogP contribution in [0.3, 0.4) is 0 Å². The summed E-state index contributed by atoms with van der Waals surface area (Å²) >= 11 is 1.38. The van der Waals surface area contributed by atoms with Crippen molar-refractivity contribution in [2.24, 2.45) is 17.8 Å². The number of amides is 1. The number of aromatic nitrogens is 1. The lowest BCUT2D eigenvalue weighted by Crippen LogP contribution is -2.22. The highest BCUT2D eigenvalue weighted by molar-refractivity contribution is 7.14. The number of hydrogen-bond acceptors (Lipinski definition) is 5. The summed E-state index contributed by atoms with van der Waals surface area (Å²) in [4.78, 5) is 30.6. The van der Waals surface area contributed by atoms with Gasteiger partial charge in [0.05, 0.1) is 11.4 Å². The monoisotopic (exact) mass is 398 g/mol. The number of carbonyl (C=O) groups is 2. The first-order valence-corrected chi connectivity index (χ1v) is 10.8. The summed E-state index contributed by atoms with van der Waals surface area (Å²) < 4.78 is 5.48. The van der Waals surface area contributed by atoms with E-state index in [-0.39, 0.29) is 18.5 Å². The summed E-state index contributed by atoms with van der Waals surface area (Å²) in [6, 6.07) is 7.76. The topological polar surface area (TPSA) is 59.5 Å². The maximum atomic E-state index is 12.2. The molecule has 2 bridgehead atoms. The summed E-state index contributed by atoms with van der Waals surface area (Å²) in [7, 11) is 0. The molecule has 0 spiro atoms. The van der Waals surface area contributed by atoms with Gasteiger partial charge >= 0.3 is 5.97 Å². The van der Waals surface area contributed by atoms with Crippen molar-refractivity contribution in [3.8, 4) is 0 Å². The van der Waals surface area contributed by atoms with E-state index in [4.69, 9.17) is 4.74 Å². The minimum Gasteiger partial charge on any atom is -0.459 e. The maximum absolute atomic E-state index is 12.2. The van der Waals surface area contributed by atoms with E-state index >= 15 is 0 Å². The number of esters is 1. The lowest BCUT2D eigenvalue weighted by molar-refractivity contribution is -0.146. The first kappa shape index (κ1) is 19.1. The van der Waals surface area contributed by atoms with Gasteiger partial charge < -0.3 is 4.74 Å². The highest BCUT2D eigenvalue weighted by Crippen LogP contribution is 2.49. The van der Waals surface area contributed by atoms with Crippen LogP contribution < -0.4 is 4.90 Å². The van der Waals surface area contributed by atoms with Crippen LogP contribution in [-0.4, -0.2) is 16.9 Å². The SMILES string of the molecule is CC(=O)N(c1cccc(C)c1)c1nc(COC(=O)C[C@H]2C[C@H]3CC[C@@H]2C3)cs1. The zero-order valence-corrected chi connectivity index (χ0v) is 17.2. The van der Waals surface area contributed by atoms with Crippen LogP contribution in [0.4, 0.5) is 10.8 Å². The second kappa shape index (κ2) is 8.03. The zero-order chi connectivity index (χ0) is 19.7. The Kier molecular flexibility index (Phi) is 5.49. The van der Waals surface area contributed by atoms with Crippen LogP contribution >= 0.6 is 11.3 Å². The van der Waals surface area contributed by atoms with E-state index in [0.717, 1.165) is 23.1 Å². The molecule has 5 nitrogen and oxygen atoms in total. The Morgan fingerprint density at radius 2 is 2.14 bits per heavy atom. The van der Waals surface area contributed by atoms with Gasteiger partial charge in [-0.3, -0.25) is 14.5 Å². The summed E-state index contributed by atoms with van der Waals surface area (Å²) in [5.74, 6) is 1.84. The standard InChI is InChI=1S/C22H26N2O3S/c1-14-4-3-5-20(8-14)24(15(2)25)22-23-19(13-28-22)12-27-21(26)11-18-10-16-6-7-17(18)9-16/h3-5,8,13,16-18H,6-7,9-12H2,1-2H3/t16-,17+,18+/m0/s1. The first-order chi connectivity index (χ1) is 13.5. The summed E-state index contributed by atoms with van der Waals surface area (Å²) in [5.41, 5.74) is 2.55. The fourth-order valence-corrected chi connectivity index (χ4v) is 5.58. The van der Waals surface area contributed by atoms with Crippen LogP contribution in [-0.2, 0) is 20.9 Å². The first-order valence-electron chi connectivity index (χ1n) is 9.97. The number of anilines is 2. The van der Waals surface area contributed by atoms with Crippen molar-refractivity contribution in [3.05, 3.63) is 40.9 Å². The van der Waals surface area contributed by atoms with E-state index in [2.05, 4.69) is 4.98 Å². The summed E-state index contributed by atoms with van der Waals surface area (Å²) in [6.07, 6.45) is 5.63. The van der Waals surface area contributed by atoms with Crippen LogP contribution in [0, 0.1) is 24.7 Å². The highest BCUT2D eigenvalue weighted by atomic mass is 32.1. The van der Waals surface area contributed by atoms with Gasteiger partial charge in [-0.25, -0.2) is 4.98 Å². The number of thiazole rings is 1. The third-order valence-corrected chi connectivity index (χ3v) is 6.87. The molecule has 1 heterocycles. The molecule has 1 aromatic carbocycles. The Balaban J connectivity index is 1.36. The second-order valence-corrected chi connectivity index (χ2v) is 8.95. The number of aryl methyl sites for hydroxylation is 1. The number of nitrogens with zero attached hydrogens (tertiary/aromatic N) is 2. The second-order valence-electron chi connectivity index (χ2n) is 8.11. The molecule has 2 aromatic rings. The number of carbonyl (C=O) groups excluding carboxylic acids is 2. The van der Waals surface area contributed by atoms with Gasteiger partial charge in [-0.15, -0.1) is 11.3 Å². The lowest BCUT2D eigenvalue weighted by atomic mass is 9.86. The van der Waals surface area contributed by atoms with E-state index in [9.17, 15) is 9.59 Å². The molecule has 2 fully saturated rings.